The summed E-state index contributed by atoms with van der Waals surface area (Å²) in [6, 6.07) is 12.5. The molecule has 0 aliphatic rings. The number of aryl methyl sites for hydroxylation is 1. The smallest absolute Gasteiger partial charge is 0.332 e. The molecule has 0 aliphatic carbocycles. The van der Waals surface area contributed by atoms with E-state index in [9.17, 15) is 13.2 Å². The van der Waals surface area contributed by atoms with E-state index in [-0.39, 0.29) is 0 Å². The number of halogens is 3. The van der Waals surface area contributed by atoms with Gasteiger partial charge >= 0.3 is 6.18 Å². The van der Waals surface area contributed by atoms with Gasteiger partial charge in [0, 0.05) is 16.6 Å². The van der Waals surface area contributed by atoms with Gasteiger partial charge in [0.15, 0.2) is 5.13 Å². The average Bonchev–Trinajstić information content (AvgIpc) is 3.03. The minimum absolute atomic E-state index is 0.317. The number of nitrogens with one attached hydrogen (secondary N) is 1. The highest BCUT2D eigenvalue weighted by molar-refractivity contribution is 7.14. The molecule has 0 fully saturated rings. The maximum atomic E-state index is 12.8. The minimum Gasteiger partial charge on any atom is -0.332 e. The number of benzene rings is 2. The minimum atomic E-state index is -4.39. The van der Waals surface area contributed by atoms with Crippen molar-refractivity contribution in [1.29, 1.82) is 5.26 Å². The van der Waals surface area contributed by atoms with Gasteiger partial charge in [-0.05, 0) is 36.8 Å². The van der Waals surface area contributed by atoms with E-state index in [1.54, 1.807) is 17.5 Å². The lowest BCUT2D eigenvalue weighted by atomic mass is 10.0. The van der Waals surface area contributed by atoms with Crippen LogP contribution in [0.4, 0.5) is 24.0 Å². The number of nitrogens with zero attached hydrogens (tertiary/aromatic N) is 2. The number of hydrogen-bond acceptors (Lipinski definition) is 4. The van der Waals surface area contributed by atoms with Crippen LogP contribution in [0, 0.1) is 18.3 Å². The predicted octanol–water partition coefficient (Wildman–Crippen LogP) is 5.75. The standard InChI is InChI=1S/C18H12F3N3S/c1-11-5-6-12(7-13(11)9-22)16-10-25-17(24-16)23-15-4-2-3-14(8-15)18(19,20)21/h2-8,10H,1H3,(H,23,24). The predicted molar refractivity (Wildman–Crippen MR) is 91.7 cm³/mol. The summed E-state index contributed by atoms with van der Waals surface area (Å²) in [5, 5.41) is 14.3. The first-order valence-electron chi connectivity index (χ1n) is 7.28. The SMILES string of the molecule is Cc1ccc(-c2csc(Nc3cccc(C(F)(F)F)c3)n2)cc1C#N. The van der Waals surface area contributed by atoms with Crippen molar-refractivity contribution in [2.45, 2.75) is 13.1 Å². The van der Waals surface area contributed by atoms with Crippen LogP contribution in [0.15, 0.2) is 47.8 Å². The Hall–Kier alpha value is -2.85. The van der Waals surface area contributed by atoms with Crippen LogP contribution in [0.1, 0.15) is 16.7 Å². The van der Waals surface area contributed by atoms with Gasteiger partial charge in [-0.3, -0.25) is 0 Å². The van der Waals surface area contributed by atoms with E-state index in [1.807, 2.05) is 19.1 Å². The molecule has 7 heteroatoms. The highest BCUT2D eigenvalue weighted by atomic mass is 32.1. The Balaban J connectivity index is 1.84. The van der Waals surface area contributed by atoms with Crippen LogP contribution in [-0.2, 0) is 6.18 Å². The van der Waals surface area contributed by atoms with Crippen LogP contribution in [0.3, 0.4) is 0 Å². The molecule has 0 atom stereocenters. The fourth-order valence-corrected chi connectivity index (χ4v) is 3.00. The van der Waals surface area contributed by atoms with Crippen molar-refractivity contribution in [3.63, 3.8) is 0 Å². The van der Waals surface area contributed by atoms with Crippen LogP contribution in [0.5, 0.6) is 0 Å². The van der Waals surface area contributed by atoms with E-state index in [0.29, 0.717) is 22.1 Å². The highest BCUT2D eigenvalue weighted by Crippen LogP contribution is 2.32. The number of rotatable bonds is 3. The Morgan fingerprint density at radius 3 is 2.68 bits per heavy atom. The topological polar surface area (TPSA) is 48.7 Å². The van der Waals surface area contributed by atoms with E-state index in [0.717, 1.165) is 23.3 Å². The maximum Gasteiger partial charge on any atom is 0.416 e. The van der Waals surface area contributed by atoms with Crippen molar-refractivity contribution in [2.24, 2.45) is 0 Å². The molecule has 3 rings (SSSR count). The second kappa shape index (κ2) is 6.57. The fraction of sp³-hybridized carbons (Fsp3) is 0.111. The molecule has 0 amide bonds. The van der Waals surface area contributed by atoms with Gasteiger partial charge in [-0.15, -0.1) is 11.3 Å². The van der Waals surface area contributed by atoms with Crippen LogP contribution in [-0.4, -0.2) is 4.98 Å². The lowest BCUT2D eigenvalue weighted by Gasteiger charge is -2.09. The zero-order valence-electron chi connectivity index (χ0n) is 13.1. The van der Waals surface area contributed by atoms with Crippen molar-refractivity contribution < 1.29 is 13.2 Å². The second-order valence-corrected chi connectivity index (χ2v) is 6.24. The lowest BCUT2D eigenvalue weighted by Crippen LogP contribution is -2.05. The van der Waals surface area contributed by atoms with Gasteiger partial charge in [0.2, 0.25) is 0 Å². The number of anilines is 2. The molecule has 1 aromatic heterocycles. The Labute approximate surface area is 146 Å². The first kappa shape index (κ1) is 17.0. The molecule has 0 unspecified atom stereocenters. The molecule has 0 aliphatic heterocycles. The number of thiazole rings is 1. The third-order valence-corrected chi connectivity index (χ3v) is 4.36. The summed E-state index contributed by atoms with van der Waals surface area (Å²) in [6.45, 7) is 1.85. The van der Waals surface area contributed by atoms with Crippen LogP contribution in [0.2, 0.25) is 0 Å². The van der Waals surface area contributed by atoms with Gasteiger partial charge in [-0.2, -0.15) is 18.4 Å². The van der Waals surface area contributed by atoms with E-state index in [1.165, 1.54) is 17.4 Å². The molecular formula is C18H12F3N3S. The molecular weight excluding hydrogens is 347 g/mol. The molecule has 25 heavy (non-hydrogen) atoms. The van der Waals surface area contributed by atoms with Crippen LogP contribution < -0.4 is 5.32 Å². The van der Waals surface area contributed by atoms with Gasteiger partial charge in [0.1, 0.15) is 0 Å². The molecule has 3 nitrogen and oxygen atoms in total. The van der Waals surface area contributed by atoms with Crippen molar-refractivity contribution in [1.82, 2.24) is 4.98 Å². The summed E-state index contributed by atoms with van der Waals surface area (Å²) in [7, 11) is 0. The summed E-state index contributed by atoms with van der Waals surface area (Å²) >= 11 is 1.28. The number of nitriles is 1. The molecule has 0 saturated heterocycles. The Bertz CT molecular complexity index is 955. The zero-order valence-corrected chi connectivity index (χ0v) is 13.9. The Kier molecular flexibility index (Phi) is 4.47. The van der Waals surface area contributed by atoms with E-state index >= 15 is 0 Å². The summed E-state index contributed by atoms with van der Waals surface area (Å²) in [5.74, 6) is 0. The van der Waals surface area contributed by atoms with Crippen molar-refractivity contribution in [3.8, 4) is 17.3 Å². The molecule has 3 aromatic rings. The lowest BCUT2D eigenvalue weighted by molar-refractivity contribution is -0.137. The molecule has 0 radical (unpaired) electrons. The first-order valence-corrected chi connectivity index (χ1v) is 8.16. The first-order chi connectivity index (χ1) is 11.9. The van der Waals surface area contributed by atoms with Gasteiger partial charge in [-0.1, -0.05) is 18.2 Å². The average molecular weight is 359 g/mol. The van der Waals surface area contributed by atoms with Gasteiger partial charge in [0.25, 0.3) is 0 Å². The Morgan fingerprint density at radius 1 is 1.16 bits per heavy atom. The molecule has 126 valence electrons. The van der Waals surface area contributed by atoms with E-state index in [2.05, 4.69) is 16.4 Å². The number of aromatic nitrogens is 1. The van der Waals surface area contributed by atoms with Gasteiger partial charge < -0.3 is 5.32 Å². The second-order valence-electron chi connectivity index (χ2n) is 5.38. The quantitative estimate of drug-likeness (QED) is 0.647. The largest absolute Gasteiger partial charge is 0.416 e. The molecule has 0 bridgehead atoms. The fourth-order valence-electron chi connectivity index (χ4n) is 2.26. The maximum absolute atomic E-state index is 12.8. The van der Waals surface area contributed by atoms with Crippen molar-refractivity contribution in [3.05, 3.63) is 64.5 Å². The number of hydrogen-bond donors (Lipinski definition) is 1. The van der Waals surface area contributed by atoms with Crippen LogP contribution in [0.25, 0.3) is 11.3 Å². The summed E-state index contributed by atoms with van der Waals surface area (Å²) in [6.07, 6.45) is -4.39. The summed E-state index contributed by atoms with van der Waals surface area (Å²) in [5.41, 5.74) is 2.50. The van der Waals surface area contributed by atoms with Gasteiger partial charge in [-0.25, -0.2) is 4.98 Å². The number of alkyl halides is 3. The monoisotopic (exact) mass is 359 g/mol. The summed E-state index contributed by atoms with van der Waals surface area (Å²) in [4.78, 5) is 4.39. The normalized spacial score (nSPS) is 11.2. The molecule has 1 heterocycles. The molecule has 0 saturated carbocycles. The molecule has 0 spiro atoms. The third kappa shape index (κ3) is 3.80. The third-order valence-electron chi connectivity index (χ3n) is 3.60. The van der Waals surface area contributed by atoms with E-state index < -0.39 is 11.7 Å². The molecule has 2 aromatic carbocycles. The summed E-state index contributed by atoms with van der Waals surface area (Å²) < 4.78 is 38.3. The Morgan fingerprint density at radius 2 is 1.96 bits per heavy atom. The van der Waals surface area contributed by atoms with E-state index in [4.69, 9.17) is 5.26 Å². The van der Waals surface area contributed by atoms with Crippen molar-refractivity contribution in [2.75, 3.05) is 5.32 Å². The zero-order chi connectivity index (χ0) is 18.0. The van der Waals surface area contributed by atoms with Crippen LogP contribution >= 0.6 is 11.3 Å². The van der Waals surface area contributed by atoms with Gasteiger partial charge in [0.05, 0.1) is 22.9 Å². The highest BCUT2D eigenvalue weighted by Gasteiger charge is 2.30. The molecule has 1 N–H and O–H groups in total. The van der Waals surface area contributed by atoms with Crippen molar-refractivity contribution >= 4 is 22.2 Å².